The number of benzene rings is 2. The first-order valence-electron chi connectivity index (χ1n) is 5.81. The zero-order chi connectivity index (χ0) is 13.5. The molecule has 0 saturated carbocycles. The molecule has 2 aromatic rings. The Morgan fingerprint density at radius 2 is 1.05 bits per heavy atom. The van der Waals surface area contributed by atoms with E-state index in [1.807, 2.05) is 12.1 Å². The molecule has 0 unspecified atom stereocenters. The van der Waals surface area contributed by atoms with Gasteiger partial charge in [-0.25, -0.2) is 0 Å². The molecule has 5 heteroatoms. The first kappa shape index (κ1) is 13.7. The SMILES string of the molecule is O=C([NH][Sc][NH]C(=O)c1ccccc1)c1ccccc1. The maximum absolute atomic E-state index is 11.7. The quantitative estimate of drug-likeness (QED) is 0.899. The fourth-order valence-electron chi connectivity index (χ4n) is 1.51. The second-order valence-corrected chi connectivity index (χ2v) is 5.18. The Bertz CT molecular complexity index is 507. The van der Waals surface area contributed by atoms with Gasteiger partial charge in [0.15, 0.2) is 0 Å². The Hall–Kier alpha value is -1.75. The van der Waals surface area contributed by atoms with Crippen LogP contribution < -0.4 is 6.61 Å². The third kappa shape index (κ3) is 4.13. The van der Waals surface area contributed by atoms with Crippen molar-refractivity contribution in [3.8, 4) is 0 Å². The van der Waals surface area contributed by atoms with Gasteiger partial charge in [-0.2, -0.15) is 0 Å². The molecule has 2 N–H and O–H groups in total. The maximum atomic E-state index is 11.7. The topological polar surface area (TPSA) is 58.2 Å². The van der Waals surface area contributed by atoms with E-state index in [4.69, 9.17) is 0 Å². The molecule has 0 heterocycles. The van der Waals surface area contributed by atoms with Gasteiger partial charge >= 0.3 is 123 Å². The van der Waals surface area contributed by atoms with Gasteiger partial charge in [-0.1, -0.05) is 0 Å². The summed E-state index contributed by atoms with van der Waals surface area (Å²) < 4.78 is 5.57. The molecule has 0 atom stereocenters. The van der Waals surface area contributed by atoms with E-state index in [9.17, 15) is 9.59 Å². The normalized spacial score (nSPS) is 9.26. The van der Waals surface area contributed by atoms with Crippen molar-refractivity contribution in [1.29, 1.82) is 0 Å². The van der Waals surface area contributed by atoms with Crippen molar-refractivity contribution < 1.29 is 33.1 Å². The van der Waals surface area contributed by atoms with Crippen molar-refractivity contribution >= 4 is 11.8 Å². The Balaban J connectivity index is 1.81. The summed E-state index contributed by atoms with van der Waals surface area (Å²) in [5.41, 5.74) is 1.21. The molecule has 0 fully saturated rings. The number of rotatable bonds is 4. The Morgan fingerprint density at radius 1 is 0.684 bits per heavy atom. The van der Waals surface area contributed by atoms with E-state index < -0.39 is 23.5 Å². The number of carbonyl (C=O) groups excluding carboxylic acids is 2. The van der Waals surface area contributed by atoms with Gasteiger partial charge in [-0.15, -0.1) is 0 Å². The fourth-order valence-corrected chi connectivity index (χ4v) is 2.56. The summed E-state index contributed by atoms with van der Waals surface area (Å²) in [6, 6.07) is 17.9. The molecule has 0 radical (unpaired) electrons. The first-order valence-corrected chi connectivity index (χ1v) is 7.61. The van der Waals surface area contributed by atoms with Crippen LogP contribution in [0, 0.1) is 0 Å². The Kier molecular flexibility index (Phi) is 5.03. The average molecular weight is 285 g/mol. The van der Waals surface area contributed by atoms with Gasteiger partial charge in [0, 0.05) is 0 Å². The van der Waals surface area contributed by atoms with E-state index in [-0.39, 0.29) is 11.8 Å². The monoisotopic (exact) mass is 285 g/mol. The van der Waals surface area contributed by atoms with E-state index >= 15 is 0 Å². The van der Waals surface area contributed by atoms with Crippen LogP contribution in [0.3, 0.4) is 0 Å². The van der Waals surface area contributed by atoms with Gasteiger partial charge in [-0.05, 0) is 0 Å². The predicted molar refractivity (Wildman–Crippen MR) is 67.8 cm³/mol. The van der Waals surface area contributed by atoms with Crippen molar-refractivity contribution in [1.82, 2.24) is 6.61 Å². The van der Waals surface area contributed by atoms with Gasteiger partial charge in [0.05, 0.1) is 0 Å². The number of carbonyl (C=O) groups is 2. The van der Waals surface area contributed by atoms with Crippen LogP contribution in [-0.2, 0) is 23.5 Å². The third-order valence-electron chi connectivity index (χ3n) is 2.48. The second-order valence-electron chi connectivity index (χ2n) is 3.82. The van der Waals surface area contributed by atoms with Gasteiger partial charge in [0.25, 0.3) is 0 Å². The molecule has 0 aliphatic carbocycles. The van der Waals surface area contributed by atoms with Crippen LogP contribution in [0.1, 0.15) is 20.7 Å². The van der Waals surface area contributed by atoms with Gasteiger partial charge in [0.1, 0.15) is 0 Å². The van der Waals surface area contributed by atoms with Crippen LogP contribution in [0.25, 0.3) is 0 Å². The van der Waals surface area contributed by atoms with Gasteiger partial charge in [0.2, 0.25) is 0 Å². The van der Waals surface area contributed by atoms with Crippen molar-refractivity contribution in [3.05, 3.63) is 71.8 Å². The minimum atomic E-state index is -1.33. The van der Waals surface area contributed by atoms with E-state index in [1.165, 1.54) is 0 Å². The molecule has 0 saturated heterocycles. The third-order valence-corrected chi connectivity index (χ3v) is 3.75. The first-order chi connectivity index (χ1) is 9.27. The summed E-state index contributed by atoms with van der Waals surface area (Å²) >= 11 is -1.33. The zero-order valence-corrected chi connectivity index (χ0v) is 12.0. The van der Waals surface area contributed by atoms with Crippen LogP contribution in [0.2, 0.25) is 0 Å². The number of hydrogen-bond donors (Lipinski definition) is 2. The van der Waals surface area contributed by atoms with Crippen molar-refractivity contribution in [2.45, 2.75) is 0 Å². The summed E-state index contributed by atoms with van der Waals surface area (Å²) in [5.74, 6) is -0.289. The number of nitrogens with one attached hydrogen (secondary N) is 2. The van der Waals surface area contributed by atoms with Crippen LogP contribution in [0.5, 0.6) is 0 Å². The molecule has 2 aromatic carbocycles. The van der Waals surface area contributed by atoms with Gasteiger partial charge in [-0.3, -0.25) is 0 Å². The average Bonchev–Trinajstić information content (AvgIpc) is 2.49. The summed E-state index contributed by atoms with van der Waals surface area (Å²) in [7, 11) is 0. The molecule has 4 nitrogen and oxygen atoms in total. The molecule has 0 bridgehead atoms. The van der Waals surface area contributed by atoms with E-state index in [1.54, 1.807) is 48.5 Å². The standard InChI is InChI=1S/2C7H7NO.Sc/c2*8-7(9)6-4-2-1-3-5-6;/h2*1-5H,(H2,8,9);/q;;+2/p-2. The summed E-state index contributed by atoms with van der Waals surface area (Å²) in [6.45, 7) is 0. The molecule has 93 valence electrons. The van der Waals surface area contributed by atoms with Crippen LogP contribution in [0.4, 0.5) is 0 Å². The molecule has 19 heavy (non-hydrogen) atoms. The summed E-state index contributed by atoms with van der Waals surface area (Å²) in [5, 5.41) is 0. The van der Waals surface area contributed by atoms with Crippen LogP contribution in [0.15, 0.2) is 60.7 Å². The number of hydrogen-bond acceptors (Lipinski definition) is 2. The van der Waals surface area contributed by atoms with Crippen molar-refractivity contribution in [2.75, 3.05) is 0 Å². The molecule has 0 aromatic heterocycles. The minimum absolute atomic E-state index is 0.144. The summed E-state index contributed by atoms with van der Waals surface area (Å²) in [6.07, 6.45) is 0. The molecular weight excluding hydrogens is 273 g/mol. The molecular formula is C14H12N2O2Sc. The molecule has 0 spiro atoms. The fraction of sp³-hybridized carbons (Fsp3) is 0. The Morgan fingerprint density at radius 3 is 1.42 bits per heavy atom. The van der Waals surface area contributed by atoms with Gasteiger partial charge < -0.3 is 0 Å². The van der Waals surface area contributed by atoms with E-state index in [0.29, 0.717) is 11.1 Å². The predicted octanol–water partition coefficient (Wildman–Crippen LogP) is 1.76. The van der Waals surface area contributed by atoms with Crippen LogP contribution in [-0.4, -0.2) is 11.8 Å². The zero-order valence-electron chi connectivity index (χ0n) is 10.2. The summed E-state index contributed by atoms with van der Waals surface area (Å²) in [4.78, 5) is 23.5. The second kappa shape index (κ2) is 6.99. The number of amides is 2. The van der Waals surface area contributed by atoms with E-state index in [0.717, 1.165) is 0 Å². The van der Waals surface area contributed by atoms with E-state index in [2.05, 4.69) is 6.61 Å². The van der Waals surface area contributed by atoms with Crippen molar-refractivity contribution in [3.63, 3.8) is 0 Å². The Labute approximate surface area is 123 Å². The molecule has 2 rings (SSSR count). The molecule has 2 amide bonds. The van der Waals surface area contributed by atoms with Crippen LogP contribution >= 0.6 is 0 Å². The van der Waals surface area contributed by atoms with Crippen molar-refractivity contribution in [2.24, 2.45) is 0 Å². The molecule has 0 aliphatic rings. The molecule has 0 aliphatic heterocycles.